The fourth-order valence-corrected chi connectivity index (χ4v) is 6.08. The van der Waals surface area contributed by atoms with Gasteiger partial charge in [-0.25, -0.2) is 0 Å². The van der Waals surface area contributed by atoms with Crippen LogP contribution >= 0.6 is 23.1 Å². The predicted octanol–water partition coefficient (Wildman–Crippen LogP) is 5.94. The molecule has 0 aromatic carbocycles. The molecule has 0 radical (unpaired) electrons. The van der Waals surface area contributed by atoms with Crippen molar-refractivity contribution in [1.82, 2.24) is 25.0 Å². The fourth-order valence-electron chi connectivity index (χ4n) is 4.20. The molecule has 7 nitrogen and oxygen atoms in total. The highest BCUT2D eigenvalue weighted by atomic mass is 32.2. The molecule has 0 spiro atoms. The molecule has 4 aromatic rings. The Morgan fingerprint density at radius 1 is 1.22 bits per heavy atom. The summed E-state index contributed by atoms with van der Waals surface area (Å²) >= 11 is 3.32. The van der Waals surface area contributed by atoms with E-state index in [1.54, 1.807) is 17.6 Å². The van der Waals surface area contributed by atoms with E-state index in [1.165, 1.54) is 28.6 Å². The zero-order valence-corrected chi connectivity index (χ0v) is 20.6. The van der Waals surface area contributed by atoms with Gasteiger partial charge in [0.25, 0.3) is 5.89 Å². The molecular weight excluding hydrogens is 442 g/mol. The second-order valence-electron chi connectivity index (χ2n) is 9.41. The van der Waals surface area contributed by atoms with Gasteiger partial charge in [-0.1, -0.05) is 32.5 Å². The van der Waals surface area contributed by atoms with Crippen LogP contribution in [-0.2, 0) is 25.6 Å². The van der Waals surface area contributed by atoms with Crippen molar-refractivity contribution in [3.63, 3.8) is 0 Å². The molecular formula is C23H27N5O2S2. The molecule has 0 fully saturated rings. The second-order valence-corrected chi connectivity index (χ2v) is 11.5. The standard InChI is InChI=1S/C23H27N5O2S2/c1-13-16(8-9-29-13)20-25-27-22(28(20)5)31-12-19-24-26-21(30-19)18-11-14-10-15(23(2,3)4)6-7-17(14)32-18/h8-9,11,15H,6-7,10,12H2,1-5H3/t15-/m1/s1. The number of nitrogens with zero attached hydrogens (tertiary/aromatic N) is 5. The van der Waals surface area contributed by atoms with Crippen LogP contribution in [0.15, 0.2) is 32.4 Å². The number of thioether (sulfide) groups is 1. The van der Waals surface area contributed by atoms with Gasteiger partial charge in [0.15, 0.2) is 11.0 Å². The number of rotatable bonds is 5. The first-order valence-corrected chi connectivity index (χ1v) is 12.6. The number of fused-ring (bicyclic) bond motifs is 1. The van der Waals surface area contributed by atoms with E-state index in [0.29, 0.717) is 28.9 Å². The maximum Gasteiger partial charge on any atom is 0.257 e. The van der Waals surface area contributed by atoms with Gasteiger partial charge in [0, 0.05) is 11.9 Å². The summed E-state index contributed by atoms with van der Waals surface area (Å²) in [5.41, 5.74) is 2.73. The highest BCUT2D eigenvalue weighted by Gasteiger charge is 2.30. The zero-order chi connectivity index (χ0) is 22.5. The normalized spacial score (nSPS) is 16.5. The average Bonchev–Trinajstić information content (AvgIpc) is 3.51. The molecule has 1 aliphatic carbocycles. The summed E-state index contributed by atoms with van der Waals surface area (Å²) in [6.45, 7) is 8.94. The van der Waals surface area contributed by atoms with Gasteiger partial charge in [0.1, 0.15) is 5.76 Å². The van der Waals surface area contributed by atoms with Gasteiger partial charge < -0.3 is 13.4 Å². The third-order valence-electron chi connectivity index (χ3n) is 6.24. The van der Waals surface area contributed by atoms with Gasteiger partial charge in [-0.2, -0.15) is 0 Å². The largest absolute Gasteiger partial charge is 0.469 e. The van der Waals surface area contributed by atoms with E-state index in [4.69, 9.17) is 8.83 Å². The number of aryl methyl sites for hydroxylation is 2. The lowest BCUT2D eigenvalue weighted by Crippen LogP contribution is -2.26. The summed E-state index contributed by atoms with van der Waals surface area (Å²) in [6.07, 6.45) is 5.19. The lowest BCUT2D eigenvalue weighted by Gasteiger charge is -2.33. The van der Waals surface area contributed by atoms with Gasteiger partial charge >= 0.3 is 0 Å². The van der Waals surface area contributed by atoms with Crippen LogP contribution in [0.1, 0.15) is 49.3 Å². The van der Waals surface area contributed by atoms with Crippen molar-refractivity contribution < 1.29 is 8.83 Å². The van der Waals surface area contributed by atoms with E-state index in [-0.39, 0.29) is 0 Å². The monoisotopic (exact) mass is 469 g/mol. The van der Waals surface area contributed by atoms with E-state index in [9.17, 15) is 0 Å². The smallest absolute Gasteiger partial charge is 0.257 e. The molecule has 4 heterocycles. The van der Waals surface area contributed by atoms with Crippen molar-refractivity contribution >= 4 is 23.1 Å². The van der Waals surface area contributed by atoms with Crippen molar-refractivity contribution in [2.75, 3.05) is 0 Å². The Hall–Kier alpha value is -2.39. The molecule has 168 valence electrons. The minimum Gasteiger partial charge on any atom is -0.469 e. The molecule has 5 rings (SSSR count). The molecule has 0 saturated heterocycles. The molecule has 0 N–H and O–H groups in total. The van der Waals surface area contributed by atoms with Crippen LogP contribution in [0.4, 0.5) is 0 Å². The van der Waals surface area contributed by atoms with E-state index in [0.717, 1.165) is 40.0 Å². The second kappa shape index (κ2) is 8.19. The molecule has 0 unspecified atom stereocenters. The summed E-state index contributed by atoms with van der Waals surface area (Å²) in [4.78, 5) is 2.54. The topological polar surface area (TPSA) is 82.8 Å². The molecule has 0 aliphatic heterocycles. The lowest BCUT2D eigenvalue weighted by molar-refractivity contribution is 0.217. The Kier molecular flexibility index (Phi) is 5.49. The maximum absolute atomic E-state index is 6.00. The summed E-state index contributed by atoms with van der Waals surface area (Å²) in [6, 6.07) is 4.16. The van der Waals surface area contributed by atoms with Crippen LogP contribution < -0.4 is 0 Å². The van der Waals surface area contributed by atoms with Gasteiger partial charge in [0.2, 0.25) is 5.89 Å². The minimum atomic E-state index is 0.338. The van der Waals surface area contributed by atoms with Crippen molar-refractivity contribution in [1.29, 1.82) is 0 Å². The molecule has 32 heavy (non-hydrogen) atoms. The van der Waals surface area contributed by atoms with Crippen LogP contribution in [-0.4, -0.2) is 25.0 Å². The van der Waals surface area contributed by atoms with Crippen molar-refractivity contribution in [2.24, 2.45) is 18.4 Å². The summed E-state index contributed by atoms with van der Waals surface area (Å²) in [5, 5.41) is 18.0. The fraction of sp³-hybridized carbons (Fsp3) is 0.478. The van der Waals surface area contributed by atoms with Gasteiger partial charge in [-0.05, 0) is 55.2 Å². The van der Waals surface area contributed by atoms with Gasteiger partial charge in [-0.15, -0.1) is 31.7 Å². The first-order valence-electron chi connectivity index (χ1n) is 10.8. The predicted molar refractivity (Wildman–Crippen MR) is 126 cm³/mol. The summed E-state index contributed by atoms with van der Waals surface area (Å²) in [5.74, 6) is 4.07. The third kappa shape index (κ3) is 4.03. The average molecular weight is 470 g/mol. The summed E-state index contributed by atoms with van der Waals surface area (Å²) < 4.78 is 13.3. The quantitative estimate of drug-likeness (QED) is 0.335. The highest BCUT2D eigenvalue weighted by Crippen LogP contribution is 2.42. The summed E-state index contributed by atoms with van der Waals surface area (Å²) in [7, 11) is 1.95. The van der Waals surface area contributed by atoms with Crippen LogP contribution in [0, 0.1) is 18.3 Å². The Labute approximate surface area is 195 Å². The number of hydrogen-bond donors (Lipinski definition) is 0. The van der Waals surface area contributed by atoms with Crippen LogP contribution in [0.5, 0.6) is 0 Å². The zero-order valence-electron chi connectivity index (χ0n) is 19.0. The van der Waals surface area contributed by atoms with Crippen molar-refractivity contribution in [3.8, 4) is 22.2 Å². The van der Waals surface area contributed by atoms with Gasteiger partial charge in [-0.3, -0.25) is 0 Å². The molecule has 1 aliphatic rings. The molecule has 9 heteroatoms. The SMILES string of the molecule is Cc1occc1-c1nnc(SCc2nnc(-c3cc4c(s3)CC[C@@H](C(C)(C)C)C4)o2)n1C. The van der Waals surface area contributed by atoms with Crippen molar-refractivity contribution in [3.05, 3.63) is 40.5 Å². The lowest BCUT2D eigenvalue weighted by atomic mass is 9.72. The van der Waals surface area contributed by atoms with E-state index in [1.807, 2.05) is 24.6 Å². The maximum atomic E-state index is 6.00. The van der Waals surface area contributed by atoms with E-state index >= 15 is 0 Å². The molecule has 0 amide bonds. The Morgan fingerprint density at radius 2 is 2.06 bits per heavy atom. The van der Waals surface area contributed by atoms with Gasteiger partial charge in [0.05, 0.1) is 22.5 Å². The van der Waals surface area contributed by atoms with Crippen LogP contribution in [0.3, 0.4) is 0 Å². The Bertz CT molecular complexity index is 1240. The number of thiophene rings is 1. The molecule has 4 aromatic heterocycles. The number of aromatic nitrogens is 5. The Morgan fingerprint density at radius 3 is 2.81 bits per heavy atom. The molecule has 0 saturated carbocycles. The first kappa shape index (κ1) is 21.5. The van der Waals surface area contributed by atoms with Crippen LogP contribution in [0.25, 0.3) is 22.2 Å². The number of hydrogen-bond acceptors (Lipinski definition) is 8. The minimum absolute atomic E-state index is 0.338. The molecule has 1 atom stereocenters. The van der Waals surface area contributed by atoms with E-state index in [2.05, 4.69) is 47.2 Å². The molecule has 0 bridgehead atoms. The Balaban J connectivity index is 1.27. The van der Waals surface area contributed by atoms with Crippen molar-refractivity contribution in [2.45, 2.75) is 57.9 Å². The van der Waals surface area contributed by atoms with E-state index < -0.39 is 0 Å². The number of furan rings is 1. The first-order chi connectivity index (χ1) is 15.3. The van der Waals surface area contributed by atoms with Crippen LogP contribution in [0.2, 0.25) is 0 Å². The third-order valence-corrected chi connectivity index (χ3v) is 8.47. The highest BCUT2D eigenvalue weighted by molar-refractivity contribution is 7.98.